The number of alkyl halides is 3. The van der Waals surface area contributed by atoms with Crippen LogP contribution in [0.3, 0.4) is 0 Å². The van der Waals surface area contributed by atoms with Crippen LogP contribution in [0.4, 0.5) is 4.39 Å². The molecule has 0 bridgehead atoms. The van der Waals surface area contributed by atoms with Gasteiger partial charge in [-0.1, -0.05) is 46.9 Å². The third-order valence-electron chi connectivity index (χ3n) is 1.56. The third-order valence-corrected chi connectivity index (χ3v) is 1.94. The lowest BCUT2D eigenvalue weighted by atomic mass is 10.1. The molecule has 0 aliphatic heterocycles. The zero-order valence-electron chi connectivity index (χ0n) is 7.38. The van der Waals surface area contributed by atoms with E-state index >= 15 is 0 Å². The molecule has 80 valence electrons. The Morgan fingerprint density at radius 3 is 2.40 bits per heavy atom. The van der Waals surface area contributed by atoms with Gasteiger partial charge in [0.1, 0.15) is 5.82 Å². The summed E-state index contributed by atoms with van der Waals surface area (Å²) in [7, 11) is 0. The van der Waals surface area contributed by atoms with Gasteiger partial charge in [0.25, 0.3) is 0 Å². The predicted octanol–water partition coefficient (Wildman–Crippen LogP) is 3.93. The molecule has 0 saturated heterocycles. The van der Waals surface area contributed by atoms with Crippen LogP contribution in [0, 0.1) is 5.82 Å². The van der Waals surface area contributed by atoms with E-state index in [-0.39, 0.29) is 5.56 Å². The van der Waals surface area contributed by atoms with Gasteiger partial charge in [0.2, 0.25) is 3.79 Å². The lowest BCUT2D eigenvalue weighted by Gasteiger charge is -2.02. The summed E-state index contributed by atoms with van der Waals surface area (Å²) in [6, 6.07) is 5.60. The van der Waals surface area contributed by atoms with Crippen LogP contribution in [0.1, 0.15) is 10.4 Å². The quantitative estimate of drug-likeness (QED) is 0.451. The van der Waals surface area contributed by atoms with E-state index in [4.69, 9.17) is 34.8 Å². The first-order valence-electron chi connectivity index (χ1n) is 3.95. The Morgan fingerprint density at radius 2 is 1.87 bits per heavy atom. The lowest BCUT2D eigenvalue weighted by Crippen LogP contribution is -2.01. The summed E-state index contributed by atoms with van der Waals surface area (Å²) in [5.74, 6) is -1.14. The monoisotopic (exact) mass is 266 g/mol. The van der Waals surface area contributed by atoms with Gasteiger partial charge in [-0.25, -0.2) is 4.39 Å². The zero-order chi connectivity index (χ0) is 11.5. The Hall–Kier alpha value is -0.570. The summed E-state index contributed by atoms with van der Waals surface area (Å²) >= 11 is 16.2. The van der Waals surface area contributed by atoms with Gasteiger partial charge in [0.05, 0.1) is 5.56 Å². The maximum Gasteiger partial charge on any atom is 0.209 e. The van der Waals surface area contributed by atoms with Crippen molar-refractivity contribution >= 4 is 40.6 Å². The first-order valence-corrected chi connectivity index (χ1v) is 5.08. The fourth-order valence-electron chi connectivity index (χ4n) is 0.921. The highest BCUT2D eigenvalue weighted by atomic mass is 35.6. The minimum absolute atomic E-state index is 0.0528. The van der Waals surface area contributed by atoms with E-state index < -0.39 is 15.4 Å². The van der Waals surface area contributed by atoms with Gasteiger partial charge in [-0.05, 0) is 24.3 Å². The molecular weight excluding hydrogens is 261 g/mol. The minimum Gasteiger partial charge on any atom is -0.289 e. The average molecular weight is 268 g/mol. The highest BCUT2D eigenvalue weighted by Crippen LogP contribution is 2.27. The number of carbonyl (C=O) groups excluding carboxylic acids is 1. The standard InChI is InChI=1S/C10H6Cl3FO/c11-10(12,13)6-5-9(15)7-3-1-2-4-8(7)14/h1-6H/b6-5+. The summed E-state index contributed by atoms with van der Waals surface area (Å²) in [6.45, 7) is 0. The first-order chi connectivity index (χ1) is 6.90. The molecular formula is C10H6Cl3FO. The Bertz CT molecular complexity index is 396. The molecule has 15 heavy (non-hydrogen) atoms. The molecule has 1 aromatic rings. The second-order valence-corrected chi connectivity index (χ2v) is 5.09. The van der Waals surface area contributed by atoms with Crippen molar-refractivity contribution in [3.8, 4) is 0 Å². The van der Waals surface area contributed by atoms with Crippen LogP contribution in [0.5, 0.6) is 0 Å². The largest absolute Gasteiger partial charge is 0.289 e. The van der Waals surface area contributed by atoms with E-state index in [0.29, 0.717) is 0 Å². The predicted molar refractivity (Wildman–Crippen MR) is 60.2 cm³/mol. The number of halogens is 4. The molecule has 0 aromatic heterocycles. The van der Waals surface area contributed by atoms with Crippen molar-refractivity contribution in [1.29, 1.82) is 0 Å². The van der Waals surface area contributed by atoms with E-state index in [9.17, 15) is 9.18 Å². The van der Waals surface area contributed by atoms with Crippen molar-refractivity contribution in [2.75, 3.05) is 0 Å². The third kappa shape index (κ3) is 4.20. The molecule has 1 nitrogen and oxygen atoms in total. The summed E-state index contributed by atoms with van der Waals surface area (Å²) in [5.41, 5.74) is -0.0528. The molecule has 0 amide bonds. The van der Waals surface area contributed by atoms with Crippen LogP contribution in [0.2, 0.25) is 0 Å². The van der Waals surface area contributed by atoms with Crippen molar-refractivity contribution < 1.29 is 9.18 Å². The van der Waals surface area contributed by atoms with Crippen molar-refractivity contribution in [3.63, 3.8) is 0 Å². The van der Waals surface area contributed by atoms with Crippen molar-refractivity contribution in [2.24, 2.45) is 0 Å². The van der Waals surface area contributed by atoms with Crippen LogP contribution in [0.25, 0.3) is 0 Å². The van der Waals surface area contributed by atoms with Crippen molar-refractivity contribution in [3.05, 3.63) is 47.8 Å². The van der Waals surface area contributed by atoms with Gasteiger partial charge in [0, 0.05) is 0 Å². The smallest absolute Gasteiger partial charge is 0.209 e. The Kier molecular flexibility index (Phi) is 4.14. The number of allylic oxidation sites excluding steroid dienone is 2. The van der Waals surface area contributed by atoms with E-state index in [1.807, 2.05) is 0 Å². The molecule has 1 aromatic carbocycles. The highest BCUT2D eigenvalue weighted by molar-refractivity contribution is 6.69. The van der Waals surface area contributed by atoms with Gasteiger partial charge in [-0.2, -0.15) is 0 Å². The first kappa shape index (κ1) is 12.5. The van der Waals surface area contributed by atoms with Gasteiger partial charge in [-0.15, -0.1) is 0 Å². The minimum atomic E-state index is -1.65. The maximum atomic E-state index is 13.1. The van der Waals surface area contributed by atoms with E-state index in [0.717, 1.165) is 12.2 Å². The van der Waals surface area contributed by atoms with Crippen LogP contribution in [-0.2, 0) is 0 Å². The summed E-state index contributed by atoms with van der Waals surface area (Å²) in [5, 5.41) is 0. The summed E-state index contributed by atoms with van der Waals surface area (Å²) < 4.78 is 11.5. The number of carbonyl (C=O) groups is 1. The van der Waals surface area contributed by atoms with Crippen LogP contribution in [-0.4, -0.2) is 9.58 Å². The fourth-order valence-corrected chi connectivity index (χ4v) is 1.11. The molecule has 0 heterocycles. The normalized spacial score (nSPS) is 12.0. The molecule has 5 heteroatoms. The van der Waals surface area contributed by atoms with E-state index in [2.05, 4.69) is 0 Å². The van der Waals surface area contributed by atoms with Crippen LogP contribution >= 0.6 is 34.8 Å². The van der Waals surface area contributed by atoms with E-state index in [1.54, 1.807) is 6.07 Å². The Balaban J connectivity index is 2.88. The summed E-state index contributed by atoms with van der Waals surface area (Å²) in [4.78, 5) is 11.4. The molecule has 0 radical (unpaired) electrons. The van der Waals surface area contributed by atoms with Crippen molar-refractivity contribution in [2.45, 2.75) is 3.79 Å². The highest BCUT2D eigenvalue weighted by Gasteiger charge is 2.16. The van der Waals surface area contributed by atoms with Gasteiger partial charge in [-0.3, -0.25) is 4.79 Å². The maximum absolute atomic E-state index is 13.1. The van der Waals surface area contributed by atoms with Gasteiger partial charge >= 0.3 is 0 Å². The molecule has 0 N–H and O–H groups in total. The Labute approximate surface area is 101 Å². The SMILES string of the molecule is O=C(/C=C/C(Cl)(Cl)Cl)c1ccccc1F. The molecule has 0 aliphatic rings. The Morgan fingerprint density at radius 1 is 1.27 bits per heavy atom. The number of rotatable bonds is 2. The van der Waals surface area contributed by atoms with E-state index in [1.165, 1.54) is 18.2 Å². The zero-order valence-corrected chi connectivity index (χ0v) is 9.65. The summed E-state index contributed by atoms with van der Waals surface area (Å²) in [6.07, 6.45) is 2.11. The number of benzene rings is 1. The molecule has 0 aliphatic carbocycles. The average Bonchev–Trinajstić information content (AvgIpc) is 2.14. The molecule has 0 atom stereocenters. The van der Waals surface area contributed by atoms with Gasteiger partial charge < -0.3 is 0 Å². The fraction of sp³-hybridized carbons (Fsp3) is 0.100. The number of hydrogen-bond acceptors (Lipinski definition) is 1. The molecule has 0 fully saturated rings. The topological polar surface area (TPSA) is 17.1 Å². The molecule has 0 spiro atoms. The molecule has 1 rings (SSSR count). The molecule has 0 saturated carbocycles. The number of hydrogen-bond donors (Lipinski definition) is 0. The van der Waals surface area contributed by atoms with Crippen LogP contribution < -0.4 is 0 Å². The molecule has 0 unspecified atom stereocenters. The number of ketones is 1. The van der Waals surface area contributed by atoms with Crippen molar-refractivity contribution in [1.82, 2.24) is 0 Å². The second-order valence-electron chi connectivity index (χ2n) is 2.72. The lowest BCUT2D eigenvalue weighted by molar-refractivity contribution is 0.104. The van der Waals surface area contributed by atoms with Crippen LogP contribution in [0.15, 0.2) is 36.4 Å². The van der Waals surface area contributed by atoms with Gasteiger partial charge in [0.15, 0.2) is 5.78 Å². The second kappa shape index (κ2) is 4.97.